The van der Waals surface area contributed by atoms with Gasteiger partial charge in [0.15, 0.2) is 0 Å². The lowest BCUT2D eigenvalue weighted by Crippen LogP contribution is -2.08. The van der Waals surface area contributed by atoms with Crippen LogP contribution in [0.25, 0.3) is 0 Å². The van der Waals surface area contributed by atoms with Gasteiger partial charge in [-0.1, -0.05) is 41.0 Å². The van der Waals surface area contributed by atoms with Crippen molar-refractivity contribution in [1.82, 2.24) is 0 Å². The highest BCUT2D eigenvalue weighted by Crippen LogP contribution is 2.38. The van der Waals surface area contributed by atoms with Gasteiger partial charge < -0.3 is 5.73 Å². The fraction of sp³-hybridized carbons (Fsp3) is 0.143. The van der Waals surface area contributed by atoms with Crippen LogP contribution in [0.2, 0.25) is 10.0 Å². The molecule has 2 rings (SSSR count). The smallest absolute Gasteiger partial charge is 0.129 e. The van der Waals surface area contributed by atoms with Crippen molar-refractivity contribution in [3.63, 3.8) is 0 Å². The van der Waals surface area contributed by atoms with Crippen LogP contribution >= 0.6 is 35.0 Å². The van der Waals surface area contributed by atoms with Gasteiger partial charge in [-0.05, 0) is 37.3 Å². The molecule has 5 heteroatoms. The summed E-state index contributed by atoms with van der Waals surface area (Å²) in [6, 6.07) is 9.68. The van der Waals surface area contributed by atoms with Gasteiger partial charge in [-0.2, -0.15) is 0 Å². The molecule has 0 amide bonds. The summed E-state index contributed by atoms with van der Waals surface area (Å²) in [7, 11) is 0. The maximum Gasteiger partial charge on any atom is 0.129 e. The highest BCUT2D eigenvalue weighted by Gasteiger charge is 2.14. The van der Waals surface area contributed by atoms with Crippen molar-refractivity contribution in [3.05, 3.63) is 57.8 Å². The van der Waals surface area contributed by atoms with Crippen molar-refractivity contribution < 1.29 is 4.39 Å². The lowest BCUT2D eigenvalue weighted by Gasteiger charge is -2.14. The van der Waals surface area contributed by atoms with Crippen LogP contribution in [-0.2, 0) is 0 Å². The molecule has 0 bridgehead atoms. The van der Waals surface area contributed by atoms with E-state index < -0.39 is 0 Å². The Hall–Kier alpha value is -0.740. The quantitative estimate of drug-likeness (QED) is 0.831. The van der Waals surface area contributed by atoms with Gasteiger partial charge in [-0.15, -0.1) is 0 Å². The number of rotatable bonds is 3. The van der Waals surface area contributed by atoms with Gasteiger partial charge in [0.05, 0.1) is 5.02 Å². The SMILES string of the molecule is C[C@H](N)c1c(F)cccc1Sc1cc(Cl)ccc1Cl. The van der Waals surface area contributed by atoms with Crippen LogP contribution < -0.4 is 5.73 Å². The number of hydrogen-bond acceptors (Lipinski definition) is 2. The van der Waals surface area contributed by atoms with E-state index in [9.17, 15) is 4.39 Å². The Morgan fingerprint density at radius 1 is 1.16 bits per heavy atom. The summed E-state index contributed by atoms with van der Waals surface area (Å²) in [5.41, 5.74) is 6.31. The molecule has 0 aliphatic rings. The number of halogens is 3. The Morgan fingerprint density at radius 3 is 2.58 bits per heavy atom. The van der Waals surface area contributed by atoms with Gasteiger partial charge in [-0.3, -0.25) is 0 Å². The zero-order chi connectivity index (χ0) is 14.0. The van der Waals surface area contributed by atoms with Gasteiger partial charge in [0, 0.05) is 26.4 Å². The van der Waals surface area contributed by atoms with E-state index in [2.05, 4.69) is 0 Å². The highest BCUT2D eigenvalue weighted by molar-refractivity contribution is 7.99. The van der Waals surface area contributed by atoms with Crippen molar-refractivity contribution in [2.75, 3.05) is 0 Å². The molecular formula is C14H12Cl2FNS. The van der Waals surface area contributed by atoms with Crippen LogP contribution in [-0.4, -0.2) is 0 Å². The third-order valence-corrected chi connectivity index (χ3v) is 4.39. The lowest BCUT2D eigenvalue weighted by atomic mass is 10.1. The lowest BCUT2D eigenvalue weighted by molar-refractivity contribution is 0.585. The fourth-order valence-corrected chi connectivity index (χ4v) is 3.32. The van der Waals surface area contributed by atoms with E-state index in [1.165, 1.54) is 17.8 Å². The molecule has 0 spiro atoms. The van der Waals surface area contributed by atoms with E-state index in [1.807, 2.05) is 6.07 Å². The Balaban J connectivity index is 2.44. The van der Waals surface area contributed by atoms with E-state index in [1.54, 1.807) is 31.2 Å². The Morgan fingerprint density at radius 2 is 1.89 bits per heavy atom. The van der Waals surface area contributed by atoms with E-state index >= 15 is 0 Å². The van der Waals surface area contributed by atoms with Crippen LogP contribution in [0, 0.1) is 5.82 Å². The van der Waals surface area contributed by atoms with Crippen molar-refractivity contribution in [2.45, 2.75) is 22.8 Å². The third kappa shape index (κ3) is 3.42. The van der Waals surface area contributed by atoms with Crippen molar-refractivity contribution in [1.29, 1.82) is 0 Å². The summed E-state index contributed by atoms with van der Waals surface area (Å²) < 4.78 is 13.8. The first-order valence-electron chi connectivity index (χ1n) is 5.66. The molecule has 0 fully saturated rings. The Bertz CT molecular complexity index is 602. The minimum absolute atomic E-state index is 0.307. The molecule has 0 radical (unpaired) electrons. The normalized spacial score (nSPS) is 12.5. The molecule has 2 aromatic carbocycles. The molecule has 2 aromatic rings. The van der Waals surface area contributed by atoms with Gasteiger partial charge in [-0.25, -0.2) is 4.39 Å². The number of hydrogen-bond donors (Lipinski definition) is 1. The maximum atomic E-state index is 13.8. The summed E-state index contributed by atoms with van der Waals surface area (Å²) in [6.45, 7) is 1.75. The second-order valence-electron chi connectivity index (χ2n) is 4.12. The first-order chi connectivity index (χ1) is 8.99. The van der Waals surface area contributed by atoms with E-state index in [0.717, 1.165) is 9.79 Å². The largest absolute Gasteiger partial charge is 0.324 e. The predicted molar refractivity (Wildman–Crippen MR) is 79.6 cm³/mol. The molecular weight excluding hydrogens is 304 g/mol. The summed E-state index contributed by atoms with van der Waals surface area (Å²) in [4.78, 5) is 1.53. The van der Waals surface area contributed by atoms with Crippen LogP contribution in [0.15, 0.2) is 46.2 Å². The minimum atomic E-state index is -0.387. The van der Waals surface area contributed by atoms with Gasteiger partial charge in [0.1, 0.15) is 5.82 Å². The zero-order valence-corrected chi connectivity index (χ0v) is 12.5. The van der Waals surface area contributed by atoms with Crippen molar-refractivity contribution >= 4 is 35.0 Å². The molecule has 0 saturated carbocycles. The Kier molecular flexibility index (Phi) is 4.74. The summed E-state index contributed by atoms with van der Waals surface area (Å²) >= 11 is 13.4. The van der Waals surface area contributed by atoms with E-state index in [4.69, 9.17) is 28.9 Å². The van der Waals surface area contributed by atoms with Gasteiger partial charge >= 0.3 is 0 Å². The molecule has 100 valence electrons. The van der Waals surface area contributed by atoms with Crippen molar-refractivity contribution in [2.24, 2.45) is 5.73 Å². The average molecular weight is 316 g/mol. The number of nitrogens with two attached hydrogens (primary N) is 1. The highest BCUT2D eigenvalue weighted by atomic mass is 35.5. The summed E-state index contributed by atoms with van der Waals surface area (Å²) in [5.74, 6) is -0.307. The van der Waals surface area contributed by atoms with Gasteiger partial charge in [0.25, 0.3) is 0 Å². The first-order valence-corrected chi connectivity index (χ1v) is 7.23. The van der Waals surface area contributed by atoms with E-state index in [-0.39, 0.29) is 11.9 Å². The maximum absolute atomic E-state index is 13.8. The van der Waals surface area contributed by atoms with E-state index in [0.29, 0.717) is 15.6 Å². The number of benzene rings is 2. The molecule has 0 aromatic heterocycles. The fourth-order valence-electron chi connectivity index (χ4n) is 1.72. The molecule has 0 aliphatic carbocycles. The van der Waals surface area contributed by atoms with Gasteiger partial charge in [0.2, 0.25) is 0 Å². The zero-order valence-electron chi connectivity index (χ0n) is 10.2. The standard InChI is InChI=1S/C14H12Cl2FNS/c1-8(18)14-11(17)3-2-4-12(14)19-13-7-9(15)5-6-10(13)16/h2-8H,18H2,1H3/t8-/m0/s1. The molecule has 0 saturated heterocycles. The molecule has 19 heavy (non-hydrogen) atoms. The monoisotopic (exact) mass is 315 g/mol. The molecule has 0 heterocycles. The molecule has 2 N–H and O–H groups in total. The van der Waals surface area contributed by atoms with Crippen LogP contribution in [0.4, 0.5) is 4.39 Å². The second kappa shape index (κ2) is 6.14. The average Bonchev–Trinajstić information content (AvgIpc) is 2.33. The second-order valence-corrected chi connectivity index (χ2v) is 6.04. The summed E-state index contributed by atoms with van der Waals surface area (Å²) in [5, 5.41) is 1.17. The Labute approximate surface area is 125 Å². The molecule has 1 atom stereocenters. The molecule has 1 nitrogen and oxygen atoms in total. The van der Waals surface area contributed by atoms with Crippen LogP contribution in [0.1, 0.15) is 18.5 Å². The third-order valence-electron chi connectivity index (χ3n) is 2.58. The minimum Gasteiger partial charge on any atom is -0.324 e. The topological polar surface area (TPSA) is 26.0 Å². The molecule has 0 aliphatic heterocycles. The molecule has 0 unspecified atom stereocenters. The van der Waals surface area contributed by atoms with Crippen LogP contribution in [0.5, 0.6) is 0 Å². The summed E-state index contributed by atoms with van der Waals surface area (Å²) in [6.07, 6.45) is 0. The first kappa shape index (κ1) is 14.7. The van der Waals surface area contributed by atoms with Crippen LogP contribution in [0.3, 0.4) is 0 Å². The predicted octanol–water partition coefficient (Wildman–Crippen LogP) is 5.30. The van der Waals surface area contributed by atoms with Crippen molar-refractivity contribution in [3.8, 4) is 0 Å².